The van der Waals surface area contributed by atoms with E-state index in [2.05, 4.69) is 33.0 Å². The molecule has 1 unspecified atom stereocenters. The minimum Gasteiger partial charge on any atom is -0.468 e. The van der Waals surface area contributed by atoms with Crippen LogP contribution in [0.2, 0.25) is 0 Å². The fraction of sp³-hybridized carbons (Fsp3) is 0.556. The van der Waals surface area contributed by atoms with Gasteiger partial charge in [-0.1, -0.05) is 0 Å². The van der Waals surface area contributed by atoms with Crippen LogP contribution in [0.25, 0.3) is 0 Å². The van der Waals surface area contributed by atoms with Gasteiger partial charge >= 0.3 is 5.97 Å². The van der Waals surface area contributed by atoms with Crippen LogP contribution in [0.5, 0.6) is 0 Å². The first-order chi connectivity index (χ1) is 7.01. The van der Waals surface area contributed by atoms with Crippen molar-refractivity contribution in [1.29, 1.82) is 0 Å². The van der Waals surface area contributed by atoms with E-state index in [1.165, 1.54) is 7.11 Å². The maximum Gasteiger partial charge on any atom is 0.327 e. The predicted molar refractivity (Wildman–Crippen MR) is 64.4 cm³/mol. The number of methoxy groups -OCH3 is 1. The van der Waals surface area contributed by atoms with E-state index in [1.807, 2.05) is 6.20 Å². The van der Waals surface area contributed by atoms with Gasteiger partial charge in [-0.25, -0.2) is 4.79 Å². The summed E-state index contributed by atoms with van der Waals surface area (Å²) in [4.78, 5) is 11.5. The normalized spacial score (nSPS) is 14.7. The number of rotatable bonds is 4. The molecule has 6 heteroatoms. The zero-order chi connectivity index (χ0) is 11.5. The molecule has 0 amide bonds. The molecule has 0 aliphatic carbocycles. The first kappa shape index (κ1) is 12.4. The van der Waals surface area contributed by atoms with E-state index < -0.39 is 5.54 Å². The van der Waals surface area contributed by atoms with Crippen LogP contribution in [-0.2, 0) is 16.1 Å². The summed E-state index contributed by atoms with van der Waals surface area (Å²) in [5, 5.41) is 7.08. The standard InChI is InChI=1S/C9H14IN3O2/c1-9(11-2,8(14)15-3)6-13-5-7(10)4-12-13/h4-5,11H,6H2,1-3H3. The van der Waals surface area contributed by atoms with Crippen molar-refractivity contribution in [1.82, 2.24) is 15.1 Å². The molecule has 0 saturated heterocycles. The van der Waals surface area contributed by atoms with Crippen molar-refractivity contribution in [3.8, 4) is 0 Å². The number of ether oxygens (including phenoxy) is 1. The summed E-state index contributed by atoms with van der Waals surface area (Å²) in [6.45, 7) is 2.23. The molecule has 0 fully saturated rings. The zero-order valence-electron chi connectivity index (χ0n) is 8.95. The van der Waals surface area contributed by atoms with Gasteiger partial charge in [-0.3, -0.25) is 4.68 Å². The molecule has 0 saturated carbocycles. The number of esters is 1. The van der Waals surface area contributed by atoms with Gasteiger partial charge in [0, 0.05) is 6.20 Å². The van der Waals surface area contributed by atoms with Crippen molar-refractivity contribution in [2.45, 2.75) is 19.0 Å². The summed E-state index contributed by atoms with van der Waals surface area (Å²) in [5.74, 6) is -0.296. The van der Waals surface area contributed by atoms with Gasteiger partial charge in [0.25, 0.3) is 0 Å². The Bertz CT molecular complexity index is 353. The number of nitrogens with zero attached hydrogens (tertiary/aromatic N) is 2. The number of likely N-dealkylation sites (N-methyl/N-ethyl adjacent to an activating group) is 1. The third-order valence-electron chi connectivity index (χ3n) is 2.27. The van der Waals surface area contributed by atoms with Crippen molar-refractivity contribution in [2.75, 3.05) is 14.2 Å². The highest BCUT2D eigenvalue weighted by molar-refractivity contribution is 14.1. The van der Waals surface area contributed by atoms with Gasteiger partial charge in [0.1, 0.15) is 5.54 Å². The number of hydrogen-bond acceptors (Lipinski definition) is 4. The van der Waals surface area contributed by atoms with Crippen LogP contribution in [0.3, 0.4) is 0 Å². The second-order valence-electron chi connectivity index (χ2n) is 3.43. The Morgan fingerprint density at radius 1 is 1.80 bits per heavy atom. The number of carbonyl (C=O) groups excluding carboxylic acids is 1. The molecule has 0 aliphatic rings. The molecule has 1 atom stereocenters. The maximum atomic E-state index is 11.5. The molecule has 84 valence electrons. The molecule has 1 aromatic rings. The second kappa shape index (κ2) is 4.93. The molecular weight excluding hydrogens is 309 g/mol. The molecule has 1 aromatic heterocycles. The third kappa shape index (κ3) is 2.91. The summed E-state index contributed by atoms with van der Waals surface area (Å²) in [7, 11) is 3.11. The van der Waals surface area contributed by atoms with Crippen LogP contribution < -0.4 is 5.32 Å². The molecule has 5 nitrogen and oxygen atoms in total. The SMILES string of the molecule is CNC(C)(Cn1cc(I)cn1)C(=O)OC. The first-order valence-electron chi connectivity index (χ1n) is 4.47. The van der Waals surface area contributed by atoms with E-state index in [-0.39, 0.29) is 5.97 Å². The van der Waals surface area contributed by atoms with Crippen LogP contribution in [-0.4, -0.2) is 35.4 Å². The lowest BCUT2D eigenvalue weighted by molar-refractivity contribution is -0.148. The molecule has 1 N–H and O–H groups in total. The summed E-state index contributed by atoms with van der Waals surface area (Å²) in [5.41, 5.74) is -0.746. The minimum absolute atomic E-state index is 0.296. The lowest BCUT2D eigenvalue weighted by atomic mass is 10.0. The largest absolute Gasteiger partial charge is 0.468 e. The fourth-order valence-electron chi connectivity index (χ4n) is 1.22. The van der Waals surface area contributed by atoms with Crippen molar-refractivity contribution < 1.29 is 9.53 Å². The Morgan fingerprint density at radius 3 is 2.87 bits per heavy atom. The van der Waals surface area contributed by atoms with E-state index in [4.69, 9.17) is 4.74 Å². The van der Waals surface area contributed by atoms with Crippen LogP contribution in [0.15, 0.2) is 12.4 Å². The van der Waals surface area contributed by atoms with Crippen molar-refractivity contribution in [3.63, 3.8) is 0 Å². The van der Waals surface area contributed by atoms with Crippen molar-refractivity contribution >= 4 is 28.6 Å². The lowest BCUT2D eigenvalue weighted by Crippen LogP contribution is -2.51. The first-order valence-corrected chi connectivity index (χ1v) is 5.55. The average Bonchev–Trinajstić information content (AvgIpc) is 2.62. The van der Waals surface area contributed by atoms with E-state index in [0.717, 1.165) is 3.57 Å². The van der Waals surface area contributed by atoms with Crippen molar-refractivity contribution in [3.05, 3.63) is 16.0 Å². The smallest absolute Gasteiger partial charge is 0.327 e. The number of nitrogens with one attached hydrogen (secondary N) is 1. The fourth-order valence-corrected chi connectivity index (χ4v) is 1.67. The molecule has 0 spiro atoms. The number of carbonyl (C=O) groups is 1. The maximum absolute atomic E-state index is 11.5. The molecule has 1 heterocycles. The Kier molecular flexibility index (Phi) is 4.09. The summed E-state index contributed by atoms with van der Waals surface area (Å²) in [6, 6.07) is 0. The number of halogens is 1. The van der Waals surface area contributed by atoms with E-state index in [0.29, 0.717) is 6.54 Å². The Morgan fingerprint density at radius 2 is 2.47 bits per heavy atom. The quantitative estimate of drug-likeness (QED) is 0.653. The van der Waals surface area contributed by atoms with E-state index in [9.17, 15) is 4.79 Å². The van der Waals surface area contributed by atoms with Crippen LogP contribution in [0.1, 0.15) is 6.92 Å². The number of aromatic nitrogens is 2. The lowest BCUT2D eigenvalue weighted by Gasteiger charge is -2.25. The summed E-state index contributed by atoms with van der Waals surface area (Å²) in [6.07, 6.45) is 3.62. The Labute approximate surface area is 102 Å². The Hall–Kier alpha value is -0.630. The van der Waals surface area contributed by atoms with Crippen molar-refractivity contribution in [2.24, 2.45) is 0 Å². The Balaban J connectivity index is 2.80. The van der Waals surface area contributed by atoms with Crippen LogP contribution in [0, 0.1) is 3.57 Å². The van der Waals surface area contributed by atoms with Gasteiger partial charge in [-0.2, -0.15) is 5.10 Å². The molecule has 0 aromatic carbocycles. The van der Waals surface area contributed by atoms with E-state index >= 15 is 0 Å². The molecule has 0 radical (unpaired) electrons. The molecule has 0 bridgehead atoms. The highest BCUT2D eigenvalue weighted by atomic mass is 127. The van der Waals surface area contributed by atoms with Gasteiger partial charge in [-0.05, 0) is 36.6 Å². The monoisotopic (exact) mass is 323 g/mol. The van der Waals surface area contributed by atoms with Gasteiger partial charge in [0.05, 0.1) is 23.4 Å². The molecule has 15 heavy (non-hydrogen) atoms. The highest BCUT2D eigenvalue weighted by Gasteiger charge is 2.33. The minimum atomic E-state index is -0.746. The molecule has 1 rings (SSSR count). The topological polar surface area (TPSA) is 56.2 Å². The number of hydrogen-bond donors (Lipinski definition) is 1. The van der Waals surface area contributed by atoms with Gasteiger partial charge in [-0.15, -0.1) is 0 Å². The summed E-state index contributed by atoms with van der Waals surface area (Å²) >= 11 is 2.17. The predicted octanol–water partition coefficient (Wildman–Crippen LogP) is 0.639. The second-order valence-corrected chi connectivity index (χ2v) is 4.68. The van der Waals surface area contributed by atoms with Gasteiger partial charge in [0.2, 0.25) is 0 Å². The van der Waals surface area contributed by atoms with Gasteiger partial charge in [0.15, 0.2) is 0 Å². The average molecular weight is 323 g/mol. The molecule has 0 aliphatic heterocycles. The van der Waals surface area contributed by atoms with E-state index in [1.54, 1.807) is 24.9 Å². The van der Waals surface area contributed by atoms with Crippen LogP contribution in [0.4, 0.5) is 0 Å². The highest BCUT2D eigenvalue weighted by Crippen LogP contribution is 2.10. The zero-order valence-corrected chi connectivity index (χ0v) is 11.1. The summed E-state index contributed by atoms with van der Waals surface area (Å²) < 4.78 is 7.50. The third-order valence-corrected chi connectivity index (χ3v) is 2.82. The van der Waals surface area contributed by atoms with Crippen LogP contribution >= 0.6 is 22.6 Å². The van der Waals surface area contributed by atoms with Gasteiger partial charge < -0.3 is 10.1 Å². The molecular formula is C9H14IN3O2.